The van der Waals surface area contributed by atoms with Crippen LogP contribution >= 0.6 is 0 Å². The van der Waals surface area contributed by atoms with Crippen LogP contribution in [0.1, 0.15) is 18.5 Å². The van der Waals surface area contributed by atoms with Gasteiger partial charge in [-0.1, -0.05) is 0 Å². The van der Waals surface area contributed by atoms with Crippen LogP contribution in [0.2, 0.25) is 0 Å². The third kappa shape index (κ3) is 2.02. The molecule has 0 saturated heterocycles. The summed E-state index contributed by atoms with van der Waals surface area (Å²) < 4.78 is 26.6. The molecule has 0 atom stereocenters. The molecule has 1 aliphatic rings. The standard InChI is InChI=1S/C9H11F2N3O2/c1-6-2-8(14(15)16)12-13(6)5-7-3-9(10,11)4-7/h2,7H,3-5H2,1H3. The van der Waals surface area contributed by atoms with Crippen molar-refractivity contribution >= 4 is 5.82 Å². The van der Waals surface area contributed by atoms with E-state index < -0.39 is 10.8 Å². The number of aryl methyl sites for hydroxylation is 1. The van der Waals surface area contributed by atoms with Crippen LogP contribution in [-0.4, -0.2) is 20.6 Å². The minimum Gasteiger partial charge on any atom is -0.358 e. The van der Waals surface area contributed by atoms with Crippen LogP contribution in [0.15, 0.2) is 6.07 Å². The van der Waals surface area contributed by atoms with E-state index in [0.717, 1.165) is 0 Å². The fourth-order valence-corrected chi connectivity index (χ4v) is 1.93. The van der Waals surface area contributed by atoms with E-state index in [4.69, 9.17) is 0 Å². The molecule has 0 N–H and O–H groups in total. The highest BCUT2D eigenvalue weighted by molar-refractivity contribution is 5.20. The van der Waals surface area contributed by atoms with E-state index in [-0.39, 0.29) is 24.6 Å². The molecule has 0 aliphatic heterocycles. The van der Waals surface area contributed by atoms with Gasteiger partial charge in [0.05, 0.1) is 23.4 Å². The molecule has 88 valence electrons. The number of aromatic nitrogens is 2. The van der Waals surface area contributed by atoms with Crippen molar-refractivity contribution in [3.8, 4) is 0 Å². The van der Waals surface area contributed by atoms with Gasteiger partial charge in [0, 0.05) is 12.8 Å². The van der Waals surface area contributed by atoms with Gasteiger partial charge in [-0.15, -0.1) is 0 Å². The number of nitrogens with zero attached hydrogens (tertiary/aromatic N) is 3. The molecule has 1 saturated carbocycles. The summed E-state index contributed by atoms with van der Waals surface area (Å²) in [5.74, 6) is -2.92. The zero-order chi connectivity index (χ0) is 11.9. The van der Waals surface area contributed by atoms with Crippen molar-refractivity contribution in [1.29, 1.82) is 0 Å². The molecule has 5 nitrogen and oxygen atoms in total. The summed E-state index contributed by atoms with van der Waals surface area (Å²) in [5, 5.41) is 14.2. The Morgan fingerprint density at radius 3 is 2.75 bits per heavy atom. The third-order valence-corrected chi connectivity index (χ3v) is 2.76. The summed E-state index contributed by atoms with van der Waals surface area (Å²) in [6.07, 6.45) is -0.305. The summed E-state index contributed by atoms with van der Waals surface area (Å²) in [6, 6.07) is 1.34. The van der Waals surface area contributed by atoms with Crippen LogP contribution in [0, 0.1) is 23.0 Å². The lowest BCUT2D eigenvalue weighted by atomic mass is 9.81. The monoisotopic (exact) mass is 231 g/mol. The van der Waals surface area contributed by atoms with E-state index in [2.05, 4.69) is 5.10 Å². The SMILES string of the molecule is Cc1cc([N+](=O)[O-])nn1CC1CC(F)(F)C1. The van der Waals surface area contributed by atoms with Crippen LogP contribution in [0.25, 0.3) is 0 Å². The van der Waals surface area contributed by atoms with E-state index in [1.165, 1.54) is 10.7 Å². The van der Waals surface area contributed by atoms with Crippen molar-refractivity contribution in [1.82, 2.24) is 9.78 Å². The molecule has 1 aromatic rings. The highest BCUT2D eigenvalue weighted by atomic mass is 19.3. The zero-order valence-corrected chi connectivity index (χ0v) is 8.69. The van der Waals surface area contributed by atoms with Gasteiger partial charge in [0.1, 0.15) is 0 Å². The van der Waals surface area contributed by atoms with Crippen molar-refractivity contribution in [2.45, 2.75) is 32.2 Å². The molecule has 1 aliphatic carbocycles. The largest absolute Gasteiger partial charge is 0.390 e. The molecule has 0 radical (unpaired) electrons. The smallest absolute Gasteiger partial charge is 0.358 e. The molecule has 0 bridgehead atoms. The Morgan fingerprint density at radius 1 is 1.69 bits per heavy atom. The number of nitro groups is 1. The average Bonchev–Trinajstić information content (AvgIpc) is 2.45. The van der Waals surface area contributed by atoms with Crippen molar-refractivity contribution in [3.05, 3.63) is 21.9 Å². The summed E-state index contributed by atoms with van der Waals surface area (Å²) >= 11 is 0. The Balaban J connectivity index is 2.03. The third-order valence-electron chi connectivity index (χ3n) is 2.76. The van der Waals surface area contributed by atoms with Crippen molar-refractivity contribution < 1.29 is 13.7 Å². The fraction of sp³-hybridized carbons (Fsp3) is 0.667. The van der Waals surface area contributed by atoms with Crippen LogP contribution in [0.5, 0.6) is 0 Å². The minimum atomic E-state index is -2.56. The summed E-state index contributed by atoms with van der Waals surface area (Å²) in [7, 11) is 0. The van der Waals surface area contributed by atoms with Crippen LogP contribution in [0.4, 0.5) is 14.6 Å². The lowest BCUT2D eigenvalue weighted by Gasteiger charge is -2.34. The average molecular weight is 231 g/mol. The number of halogens is 2. The Morgan fingerprint density at radius 2 is 2.31 bits per heavy atom. The Kier molecular flexibility index (Phi) is 2.40. The molecule has 1 fully saturated rings. The summed E-state index contributed by atoms with van der Waals surface area (Å²) in [4.78, 5) is 9.86. The Hall–Kier alpha value is -1.53. The molecule has 0 aromatic carbocycles. The Labute approximate surface area is 90.2 Å². The van der Waals surface area contributed by atoms with Gasteiger partial charge in [-0.3, -0.25) is 0 Å². The second-order valence-electron chi connectivity index (χ2n) is 4.21. The normalized spacial score (nSPS) is 19.4. The van der Waals surface area contributed by atoms with E-state index in [1.807, 2.05) is 0 Å². The first-order chi connectivity index (χ1) is 7.37. The second-order valence-corrected chi connectivity index (χ2v) is 4.21. The van der Waals surface area contributed by atoms with Crippen LogP contribution < -0.4 is 0 Å². The maximum Gasteiger partial charge on any atom is 0.390 e. The van der Waals surface area contributed by atoms with Crippen molar-refractivity contribution in [2.75, 3.05) is 0 Å². The van der Waals surface area contributed by atoms with Gasteiger partial charge in [-0.2, -0.15) is 4.68 Å². The van der Waals surface area contributed by atoms with Crippen LogP contribution in [-0.2, 0) is 6.54 Å². The van der Waals surface area contributed by atoms with Gasteiger partial charge in [0.15, 0.2) is 0 Å². The summed E-state index contributed by atoms with van der Waals surface area (Å²) in [5.41, 5.74) is 0.627. The lowest BCUT2D eigenvalue weighted by Crippen LogP contribution is -2.38. The highest BCUT2D eigenvalue weighted by Crippen LogP contribution is 2.43. The molecule has 0 spiro atoms. The molecule has 0 unspecified atom stereocenters. The molecule has 1 heterocycles. The molecule has 7 heteroatoms. The van der Waals surface area contributed by atoms with E-state index >= 15 is 0 Å². The number of hydrogen-bond donors (Lipinski definition) is 0. The van der Waals surface area contributed by atoms with Gasteiger partial charge >= 0.3 is 5.82 Å². The molecule has 2 rings (SSSR count). The quantitative estimate of drug-likeness (QED) is 0.591. The number of hydrogen-bond acceptors (Lipinski definition) is 3. The first-order valence-corrected chi connectivity index (χ1v) is 4.94. The van der Waals surface area contributed by atoms with Crippen molar-refractivity contribution in [3.63, 3.8) is 0 Å². The van der Waals surface area contributed by atoms with Gasteiger partial charge < -0.3 is 10.1 Å². The first-order valence-electron chi connectivity index (χ1n) is 4.94. The van der Waals surface area contributed by atoms with Gasteiger partial charge in [-0.05, 0) is 17.8 Å². The van der Waals surface area contributed by atoms with Gasteiger partial charge in [0.25, 0.3) is 0 Å². The predicted molar refractivity (Wildman–Crippen MR) is 51.3 cm³/mol. The van der Waals surface area contributed by atoms with Crippen molar-refractivity contribution in [2.24, 2.45) is 5.92 Å². The number of rotatable bonds is 3. The summed E-state index contributed by atoms with van der Waals surface area (Å²) in [6.45, 7) is 2.01. The maximum absolute atomic E-state index is 12.6. The van der Waals surface area contributed by atoms with E-state index in [0.29, 0.717) is 12.2 Å². The minimum absolute atomic E-state index is 0.131. The highest BCUT2D eigenvalue weighted by Gasteiger charge is 2.45. The first kappa shape index (κ1) is 11.0. The van der Waals surface area contributed by atoms with Gasteiger partial charge in [-0.25, -0.2) is 8.78 Å². The maximum atomic E-state index is 12.6. The van der Waals surface area contributed by atoms with Crippen LogP contribution in [0.3, 0.4) is 0 Å². The molecular formula is C9H11F2N3O2. The van der Waals surface area contributed by atoms with Gasteiger partial charge in [0.2, 0.25) is 5.92 Å². The van der Waals surface area contributed by atoms with E-state index in [1.54, 1.807) is 6.92 Å². The second kappa shape index (κ2) is 3.50. The topological polar surface area (TPSA) is 61.0 Å². The Bertz CT molecular complexity index is 422. The molecule has 1 aromatic heterocycles. The predicted octanol–water partition coefficient (Wildman–Crippen LogP) is 2.15. The molecule has 16 heavy (non-hydrogen) atoms. The fourth-order valence-electron chi connectivity index (χ4n) is 1.93. The number of alkyl halides is 2. The van der Waals surface area contributed by atoms with E-state index in [9.17, 15) is 18.9 Å². The molecular weight excluding hydrogens is 220 g/mol. The zero-order valence-electron chi connectivity index (χ0n) is 8.69. The lowest BCUT2D eigenvalue weighted by molar-refractivity contribution is -0.389. The molecule has 0 amide bonds.